The number of ether oxygens (including phenoxy) is 1. The third kappa shape index (κ3) is 5.45. The van der Waals surface area contributed by atoms with Crippen LogP contribution in [0, 0.1) is 6.92 Å². The van der Waals surface area contributed by atoms with Crippen molar-refractivity contribution in [2.75, 3.05) is 0 Å². The Hall–Kier alpha value is -3.16. The number of benzene rings is 1. The number of aromatic nitrogens is 2. The van der Waals surface area contributed by atoms with Crippen molar-refractivity contribution in [3.63, 3.8) is 0 Å². The van der Waals surface area contributed by atoms with Gasteiger partial charge in [0.1, 0.15) is 5.75 Å². The summed E-state index contributed by atoms with van der Waals surface area (Å²) in [7, 11) is 0. The number of hydrogen-bond donors (Lipinski definition) is 3. The largest absolute Gasteiger partial charge is 0.491 e. The van der Waals surface area contributed by atoms with Gasteiger partial charge >= 0.3 is 5.69 Å². The van der Waals surface area contributed by atoms with Gasteiger partial charge in [0.25, 0.3) is 5.56 Å². The Labute approximate surface area is 143 Å². The van der Waals surface area contributed by atoms with Crippen LogP contribution in [0.2, 0.25) is 0 Å². The van der Waals surface area contributed by atoms with Crippen molar-refractivity contribution in [3.8, 4) is 5.75 Å². The molecule has 1 amide bonds. The first-order valence-electron chi connectivity index (χ1n) is 7.76. The normalized spacial score (nSPS) is 11.0. The average Bonchev–Trinajstić information content (AvgIpc) is 2.52. The summed E-state index contributed by atoms with van der Waals surface area (Å²) < 4.78 is 5.54. The highest BCUT2D eigenvalue weighted by Crippen LogP contribution is 2.12. The number of carbonyl (C=O) groups excluding carboxylic acids is 1. The predicted molar refractivity (Wildman–Crippen MR) is 94.1 cm³/mol. The molecule has 0 radical (unpaired) electrons. The second-order valence-corrected chi connectivity index (χ2v) is 5.72. The van der Waals surface area contributed by atoms with E-state index in [-0.39, 0.29) is 18.1 Å². The number of H-pyrrole nitrogens is 2. The number of amides is 1. The lowest BCUT2D eigenvalue weighted by molar-refractivity contribution is -0.120. The van der Waals surface area contributed by atoms with E-state index in [4.69, 9.17) is 4.74 Å². The van der Waals surface area contributed by atoms with Crippen molar-refractivity contribution in [1.82, 2.24) is 15.4 Å². The molecule has 0 fully saturated rings. The third-order valence-electron chi connectivity index (χ3n) is 3.25. The Balaban J connectivity index is 1.95. The fourth-order valence-electron chi connectivity index (χ4n) is 2.12. The molecule has 2 aromatic rings. The fraction of sp³-hybridized carbons (Fsp3) is 0.294. The Morgan fingerprint density at radius 2 is 1.92 bits per heavy atom. The molecule has 0 aliphatic heterocycles. The topological polar surface area (TPSA) is 116 Å². The van der Waals surface area contributed by atoms with E-state index >= 15 is 0 Å². The summed E-state index contributed by atoms with van der Waals surface area (Å²) >= 11 is 0. The van der Waals surface area contributed by atoms with Crippen LogP contribution < -0.4 is 21.4 Å². The number of hydrazone groups is 1. The Morgan fingerprint density at radius 1 is 1.24 bits per heavy atom. The highest BCUT2D eigenvalue weighted by Gasteiger charge is 2.10. The lowest BCUT2D eigenvalue weighted by Crippen LogP contribution is -2.30. The quantitative estimate of drug-likeness (QED) is 0.532. The average molecular weight is 344 g/mol. The SMILES string of the molecule is Cc1[nH]c(=O)[nH]c(=O)c1CC(=O)N/N=C\c1ccc(OC(C)C)cc1. The van der Waals surface area contributed by atoms with Gasteiger partial charge in [-0.15, -0.1) is 0 Å². The van der Waals surface area contributed by atoms with Gasteiger partial charge in [-0.05, 0) is 50.6 Å². The van der Waals surface area contributed by atoms with E-state index < -0.39 is 17.2 Å². The van der Waals surface area contributed by atoms with E-state index in [1.807, 2.05) is 38.1 Å². The van der Waals surface area contributed by atoms with Crippen molar-refractivity contribution in [2.45, 2.75) is 33.3 Å². The molecule has 0 unspecified atom stereocenters. The summed E-state index contributed by atoms with van der Waals surface area (Å²) in [6.45, 7) is 5.45. The first-order valence-corrected chi connectivity index (χ1v) is 7.76. The van der Waals surface area contributed by atoms with Crippen molar-refractivity contribution in [3.05, 3.63) is 61.9 Å². The van der Waals surface area contributed by atoms with Crippen molar-refractivity contribution in [2.24, 2.45) is 5.10 Å². The number of aromatic amines is 2. The van der Waals surface area contributed by atoms with Gasteiger partial charge in [0.05, 0.1) is 18.7 Å². The molecule has 0 aliphatic rings. The fourth-order valence-corrected chi connectivity index (χ4v) is 2.12. The lowest BCUT2D eigenvalue weighted by Gasteiger charge is -2.09. The Kier molecular flexibility index (Phi) is 5.89. The van der Waals surface area contributed by atoms with Gasteiger partial charge in [0.2, 0.25) is 5.91 Å². The van der Waals surface area contributed by atoms with E-state index in [9.17, 15) is 14.4 Å². The molecular weight excluding hydrogens is 324 g/mol. The number of nitrogens with one attached hydrogen (secondary N) is 3. The number of carbonyl (C=O) groups is 1. The van der Waals surface area contributed by atoms with Crippen LogP contribution in [-0.2, 0) is 11.2 Å². The van der Waals surface area contributed by atoms with Crippen LogP contribution in [0.25, 0.3) is 0 Å². The monoisotopic (exact) mass is 344 g/mol. The summed E-state index contributed by atoms with van der Waals surface area (Å²) in [6, 6.07) is 7.24. The van der Waals surface area contributed by atoms with Crippen LogP contribution in [0.15, 0.2) is 39.0 Å². The van der Waals surface area contributed by atoms with E-state index in [1.54, 1.807) is 6.92 Å². The molecule has 1 aromatic carbocycles. The first-order chi connectivity index (χ1) is 11.8. The molecule has 1 aromatic heterocycles. The Bertz CT molecular complexity index is 879. The number of nitrogens with zero attached hydrogens (tertiary/aromatic N) is 1. The zero-order valence-electron chi connectivity index (χ0n) is 14.3. The van der Waals surface area contributed by atoms with Gasteiger partial charge in [-0.3, -0.25) is 14.6 Å². The van der Waals surface area contributed by atoms with Crippen LogP contribution in [0.5, 0.6) is 5.75 Å². The number of hydrogen-bond acceptors (Lipinski definition) is 5. The highest BCUT2D eigenvalue weighted by molar-refractivity contribution is 5.83. The summed E-state index contributed by atoms with van der Waals surface area (Å²) in [6.07, 6.45) is 1.40. The third-order valence-corrected chi connectivity index (χ3v) is 3.25. The van der Waals surface area contributed by atoms with Crippen LogP contribution >= 0.6 is 0 Å². The minimum Gasteiger partial charge on any atom is -0.491 e. The molecule has 2 rings (SSSR count). The molecule has 0 atom stereocenters. The number of rotatable bonds is 6. The summed E-state index contributed by atoms with van der Waals surface area (Å²) in [5, 5.41) is 3.86. The van der Waals surface area contributed by atoms with Crippen molar-refractivity contribution >= 4 is 12.1 Å². The molecule has 0 spiro atoms. The van der Waals surface area contributed by atoms with Crippen LogP contribution in [-0.4, -0.2) is 28.2 Å². The second-order valence-electron chi connectivity index (χ2n) is 5.72. The van der Waals surface area contributed by atoms with Crippen LogP contribution in [0.3, 0.4) is 0 Å². The predicted octanol–water partition coefficient (Wildman–Crippen LogP) is 0.852. The Morgan fingerprint density at radius 3 is 2.52 bits per heavy atom. The zero-order chi connectivity index (χ0) is 18.4. The summed E-state index contributed by atoms with van der Waals surface area (Å²) in [5.41, 5.74) is 2.50. The van der Waals surface area contributed by atoms with Gasteiger partial charge in [-0.25, -0.2) is 10.2 Å². The molecule has 0 saturated heterocycles. The van der Waals surface area contributed by atoms with Crippen molar-refractivity contribution in [1.29, 1.82) is 0 Å². The summed E-state index contributed by atoms with van der Waals surface area (Å²) in [4.78, 5) is 39.2. The maximum Gasteiger partial charge on any atom is 0.325 e. The van der Waals surface area contributed by atoms with Crippen LogP contribution in [0.4, 0.5) is 0 Å². The van der Waals surface area contributed by atoms with Gasteiger partial charge < -0.3 is 9.72 Å². The van der Waals surface area contributed by atoms with E-state index in [1.165, 1.54) is 6.21 Å². The molecule has 25 heavy (non-hydrogen) atoms. The van der Waals surface area contributed by atoms with E-state index in [2.05, 4.69) is 20.5 Å². The zero-order valence-corrected chi connectivity index (χ0v) is 14.3. The van der Waals surface area contributed by atoms with Gasteiger partial charge in [0, 0.05) is 11.3 Å². The first kappa shape index (κ1) is 18.2. The highest BCUT2D eigenvalue weighted by atomic mass is 16.5. The maximum atomic E-state index is 11.9. The van der Waals surface area contributed by atoms with E-state index in [0.717, 1.165) is 11.3 Å². The molecular formula is C17H20N4O4. The minimum atomic E-state index is -0.602. The molecule has 3 N–H and O–H groups in total. The van der Waals surface area contributed by atoms with Crippen molar-refractivity contribution < 1.29 is 9.53 Å². The molecule has 1 heterocycles. The van der Waals surface area contributed by atoms with Gasteiger partial charge in [-0.1, -0.05) is 0 Å². The lowest BCUT2D eigenvalue weighted by atomic mass is 10.1. The van der Waals surface area contributed by atoms with Crippen LogP contribution in [0.1, 0.15) is 30.7 Å². The van der Waals surface area contributed by atoms with Gasteiger partial charge in [-0.2, -0.15) is 5.10 Å². The molecule has 0 bridgehead atoms. The smallest absolute Gasteiger partial charge is 0.325 e. The van der Waals surface area contributed by atoms with Gasteiger partial charge in [0.15, 0.2) is 0 Å². The second kappa shape index (κ2) is 8.09. The van der Waals surface area contributed by atoms with E-state index in [0.29, 0.717) is 5.69 Å². The standard InChI is InChI=1S/C17H20N4O4/c1-10(2)25-13-6-4-12(5-7-13)9-18-21-15(22)8-14-11(3)19-17(24)20-16(14)23/h4-7,9-10H,8H2,1-3H3,(H,21,22)(H2,19,20,23,24)/b18-9-. The minimum absolute atomic E-state index is 0.0957. The molecule has 8 nitrogen and oxygen atoms in total. The number of aryl methyl sites for hydroxylation is 1. The molecule has 0 aliphatic carbocycles. The summed E-state index contributed by atoms with van der Waals surface area (Å²) in [5.74, 6) is 0.292. The molecule has 0 saturated carbocycles. The molecule has 8 heteroatoms. The maximum absolute atomic E-state index is 11.9. The molecule has 132 valence electrons.